The van der Waals surface area contributed by atoms with E-state index in [-0.39, 0.29) is 10.8 Å². The third-order valence-electron chi connectivity index (χ3n) is 6.91. The minimum atomic E-state index is 0.0282. The third-order valence-corrected chi connectivity index (χ3v) is 6.91. The van der Waals surface area contributed by atoms with Gasteiger partial charge < -0.3 is 5.11 Å². The highest BCUT2D eigenvalue weighted by molar-refractivity contribution is 5.34. The zero-order chi connectivity index (χ0) is 21.6. The van der Waals surface area contributed by atoms with Crippen molar-refractivity contribution in [2.45, 2.75) is 64.2 Å². The number of phenolic OH excluding ortho intramolecular Hbond substituents is 1. The van der Waals surface area contributed by atoms with Gasteiger partial charge in [-0.05, 0) is 58.8 Å². The Morgan fingerprint density at radius 1 is 0.700 bits per heavy atom. The van der Waals surface area contributed by atoms with Gasteiger partial charge in [-0.25, -0.2) is 0 Å². The van der Waals surface area contributed by atoms with Gasteiger partial charge in [0.15, 0.2) is 0 Å². The summed E-state index contributed by atoms with van der Waals surface area (Å²) in [5.74, 6) is 0.857. The Kier molecular flexibility index (Phi) is 7.02. The smallest absolute Gasteiger partial charge is 0.118 e. The van der Waals surface area contributed by atoms with Crippen LogP contribution in [0.1, 0.15) is 63.6 Å². The largest absolute Gasteiger partial charge is 0.508 e. The summed E-state index contributed by atoms with van der Waals surface area (Å²) >= 11 is 0. The van der Waals surface area contributed by atoms with Crippen molar-refractivity contribution >= 4 is 0 Å². The fourth-order valence-corrected chi connectivity index (χ4v) is 4.59. The molecule has 0 radical (unpaired) electrons. The SMILES string of the molecule is CC(C)(CCCC(Cc1ccccc1O)C(C)(C)c1ccccc1)c1ccccc1. The van der Waals surface area contributed by atoms with E-state index in [0.29, 0.717) is 11.7 Å². The molecule has 0 aliphatic heterocycles. The summed E-state index contributed by atoms with van der Waals surface area (Å²) in [4.78, 5) is 0. The second kappa shape index (κ2) is 9.51. The van der Waals surface area contributed by atoms with Crippen molar-refractivity contribution in [2.24, 2.45) is 5.92 Å². The monoisotopic (exact) mass is 400 g/mol. The van der Waals surface area contributed by atoms with Crippen molar-refractivity contribution in [3.63, 3.8) is 0 Å². The fourth-order valence-electron chi connectivity index (χ4n) is 4.59. The van der Waals surface area contributed by atoms with Crippen molar-refractivity contribution in [1.29, 1.82) is 0 Å². The fraction of sp³-hybridized carbons (Fsp3) is 0.379. The molecule has 0 aromatic heterocycles. The van der Waals surface area contributed by atoms with Gasteiger partial charge in [0.1, 0.15) is 5.75 Å². The van der Waals surface area contributed by atoms with Crippen LogP contribution in [0.2, 0.25) is 0 Å². The van der Waals surface area contributed by atoms with E-state index in [1.165, 1.54) is 11.1 Å². The van der Waals surface area contributed by atoms with Gasteiger partial charge in [0.25, 0.3) is 0 Å². The van der Waals surface area contributed by atoms with Crippen LogP contribution in [0, 0.1) is 5.92 Å². The first-order chi connectivity index (χ1) is 14.3. The van der Waals surface area contributed by atoms with E-state index in [0.717, 1.165) is 31.2 Å². The predicted octanol–water partition coefficient (Wildman–Crippen LogP) is 7.68. The molecule has 0 saturated heterocycles. The van der Waals surface area contributed by atoms with E-state index in [1.54, 1.807) is 6.07 Å². The van der Waals surface area contributed by atoms with E-state index < -0.39 is 0 Å². The summed E-state index contributed by atoms with van der Waals surface area (Å²) in [7, 11) is 0. The quantitative estimate of drug-likeness (QED) is 0.390. The zero-order valence-electron chi connectivity index (χ0n) is 18.9. The van der Waals surface area contributed by atoms with Crippen molar-refractivity contribution in [3.8, 4) is 5.75 Å². The van der Waals surface area contributed by atoms with Gasteiger partial charge in [0.05, 0.1) is 0 Å². The number of para-hydroxylation sites is 1. The van der Waals surface area contributed by atoms with Crippen LogP contribution >= 0.6 is 0 Å². The first-order valence-electron chi connectivity index (χ1n) is 11.2. The molecule has 0 heterocycles. The molecule has 158 valence electrons. The van der Waals surface area contributed by atoms with Crippen LogP contribution in [0.15, 0.2) is 84.9 Å². The van der Waals surface area contributed by atoms with Gasteiger partial charge in [-0.1, -0.05) is 113 Å². The number of hydrogen-bond acceptors (Lipinski definition) is 1. The summed E-state index contributed by atoms with van der Waals surface area (Å²) in [6, 6.07) is 29.5. The number of rotatable bonds is 9. The van der Waals surface area contributed by atoms with Crippen molar-refractivity contribution < 1.29 is 5.11 Å². The lowest BCUT2D eigenvalue weighted by Crippen LogP contribution is -2.31. The summed E-state index contributed by atoms with van der Waals surface area (Å²) in [5.41, 5.74) is 4.02. The highest BCUT2D eigenvalue weighted by Gasteiger charge is 2.32. The molecule has 1 atom stereocenters. The Morgan fingerprint density at radius 2 is 1.23 bits per heavy atom. The number of phenols is 1. The maximum atomic E-state index is 10.4. The summed E-state index contributed by atoms with van der Waals surface area (Å²) < 4.78 is 0. The van der Waals surface area contributed by atoms with Gasteiger partial charge >= 0.3 is 0 Å². The van der Waals surface area contributed by atoms with Crippen LogP contribution in [0.4, 0.5) is 0 Å². The maximum Gasteiger partial charge on any atom is 0.118 e. The number of aromatic hydroxyl groups is 1. The standard InChI is InChI=1S/C29H36O/c1-28(2,24-15-7-5-8-16-24)21-13-19-26(22-23-14-11-12-20-27(23)30)29(3,4)25-17-9-6-10-18-25/h5-12,14-18,20,26,30H,13,19,21-22H2,1-4H3. The summed E-state index contributed by atoms with van der Waals surface area (Å²) in [6.07, 6.45) is 4.34. The molecule has 1 nitrogen and oxygen atoms in total. The lowest BCUT2D eigenvalue weighted by molar-refractivity contribution is 0.275. The Labute approximate surface area is 182 Å². The Bertz CT molecular complexity index is 909. The van der Waals surface area contributed by atoms with Crippen LogP contribution in [0.3, 0.4) is 0 Å². The Morgan fingerprint density at radius 3 is 1.83 bits per heavy atom. The minimum Gasteiger partial charge on any atom is -0.508 e. The van der Waals surface area contributed by atoms with Crippen LogP contribution in [-0.2, 0) is 17.3 Å². The van der Waals surface area contributed by atoms with E-state index in [4.69, 9.17) is 0 Å². The van der Waals surface area contributed by atoms with Gasteiger partial charge in [0.2, 0.25) is 0 Å². The number of benzene rings is 3. The molecule has 0 aliphatic rings. The highest BCUT2D eigenvalue weighted by Crippen LogP contribution is 2.39. The molecule has 3 aromatic carbocycles. The maximum absolute atomic E-state index is 10.4. The third kappa shape index (κ3) is 5.33. The average Bonchev–Trinajstić information content (AvgIpc) is 2.75. The minimum absolute atomic E-state index is 0.0282. The lowest BCUT2D eigenvalue weighted by atomic mass is 9.68. The zero-order valence-corrected chi connectivity index (χ0v) is 18.9. The van der Waals surface area contributed by atoms with E-state index >= 15 is 0 Å². The molecule has 3 aromatic rings. The Balaban J connectivity index is 1.78. The van der Waals surface area contributed by atoms with E-state index in [9.17, 15) is 5.11 Å². The first kappa shape index (κ1) is 22.2. The molecule has 1 N–H and O–H groups in total. The normalized spacial score (nSPS) is 13.2. The lowest BCUT2D eigenvalue weighted by Gasteiger charge is -2.36. The molecular weight excluding hydrogens is 364 g/mol. The van der Waals surface area contributed by atoms with Crippen LogP contribution in [-0.4, -0.2) is 5.11 Å². The highest BCUT2D eigenvalue weighted by atomic mass is 16.3. The summed E-state index contributed by atoms with van der Waals surface area (Å²) in [6.45, 7) is 9.41. The molecule has 1 unspecified atom stereocenters. The molecular formula is C29H36O. The van der Waals surface area contributed by atoms with E-state index in [1.807, 2.05) is 12.1 Å². The van der Waals surface area contributed by atoms with E-state index in [2.05, 4.69) is 94.4 Å². The molecule has 1 heteroatoms. The van der Waals surface area contributed by atoms with Crippen LogP contribution < -0.4 is 0 Å². The predicted molar refractivity (Wildman–Crippen MR) is 128 cm³/mol. The Hall–Kier alpha value is -2.54. The first-order valence-corrected chi connectivity index (χ1v) is 11.2. The number of hydrogen-bond donors (Lipinski definition) is 1. The molecule has 0 fully saturated rings. The molecule has 0 bridgehead atoms. The topological polar surface area (TPSA) is 20.2 Å². The molecule has 0 saturated carbocycles. The average molecular weight is 401 g/mol. The van der Waals surface area contributed by atoms with Gasteiger partial charge in [-0.15, -0.1) is 0 Å². The molecule has 0 amide bonds. The van der Waals surface area contributed by atoms with Crippen LogP contribution in [0.5, 0.6) is 5.75 Å². The van der Waals surface area contributed by atoms with Crippen molar-refractivity contribution in [3.05, 3.63) is 102 Å². The summed E-state index contributed by atoms with van der Waals surface area (Å²) in [5, 5.41) is 10.4. The molecule has 30 heavy (non-hydrogen) atoms. The molecule has 0 spiro atoms. The van der Waals surface area contributed by atoms with Crippen molar-refractivity contribution in [1.82, 2.24) is 0 Å². The second-order valence-electron chi connectivity index (χ2n) is 9.76. The van der Waals surface area contributed by atoms with Gasteiger partial charge in [-0.3, -0.25) is 0 Å². The molecule has 0 aliphatic carbocycles. The van der Waals surface area contributed by atoms with Gasteiger partial charge in [-0.2, -0.15) is 0 Å². The van der Waals surface area contributed by atoms with Crippen molar-refractivity contribution in [2.75, 3.05) is 0 Å². The van der Waals surface area contributed by atoms with Crippen LogP contribution in [0.25, 0.3) is 0 Å². The van der Waals surface area contributed by atoms with Gasteiger partial charge in [0, 0.05) is 0 Å². The molecule has 3 rings (SSSR count). The second-order valence-corrected chi connectivity index (χ2v) is 9.76.